The van der Waals surface area contributed by atoms with Crippen molar-refractivity contribution in [2.24, 2.45) is 0 Å². The number of phenolic OH excluding ortho intramolecular Hbond substituents is 1. The Kier molecular flexibility index (Phi) is 5.18. The number of benzene rings is 3. The molecule has 0 saturated heterocycles. The largest absolute Gasteiger partial charge is 0.508 e. The number of fused-ring (bicyclic) bond motifs is 2. The number of nitrogens with two attached hydrogens (primary N) is 1. The molecule has 0 saturated carbocycles. The number of anilines is 2. The van der Waals surface area contributed by atoms with Crippen LogP contribution in [0.4, 0.5) is 11.5 Å². The lowest BCUT2D eigenvalue weighted by Gasteiger charge is -2.34. The Labute approximate surface area is 209 Å². The zero-order valence-corrected chi connectivity index (χ0v) is 20.2. The molecule has 0 amide bonds. The Morgan fingerprint density at radius 1 is 0.944 bits per heavy atom. The second kappa shape index (κ2) is 8.53. The first kappa shape index (κ1) is 21.9. The van der Waals surface area contributed by atoms with Crippen LogP contribution in [0.3, 0.4) is 0 Å². The van der Waals surface area contributed by atoms with E-state index >= 15 is 0 Å². The van der Waals surface area contributed by atoms with Crippen molar-refractivity contribution in [3.05, 3.63) is 101 Å². The maximum absolute atomic E-state index is 10.1. The molecule has 0 aliphatic carbocycles. The number of para-hydroxylation sites is 1. The summed E-state index contributed by atoms with van der Waals surface area (Å²) in [4.78, 5) is 11.1. The number of aryl methyl sites for hydroxylation is 2. The molecule has 5 aromatic rings. The SMILES string of the molecule is Cc1ccccc1N1Cc2c(C)cccc2C=C1Cn1nc(-c2cccc(O)c2)c2c(N)ncnc21. The van der Waals surface area contributed by atoms with Crippen molar-refractivity contribution < 1.29 is 5.11 Å². The lowest BCUT2D eigenvalue weighted by molar-refractivity contribution is 0.475. The summed E-state index contributed by atoms with van der Waals surface area (Å²) >= 11 is 0. The van der Waals surface area contributed by atoms with E-state index in [4.69, 9.17) is 10.8 Å². The highest BCUT2D eigenvalue weighted by Gasteiger charge is 2.24. The minimum Gasteiger partial charge on any atom is -0.508 e. The van der Waals surface area contributed by atoms with Crippen LogP contribution in [0.5, 0.6) is 5.75 Å². The van der Waals surface area contributed by atoms with Gasteiger partial charge in [-0.05, 0) is 60.4 Å². The lowest BCUT2D eigenvalue weighted by Crippen LogP contribution is -2.29. The van der Waals surface area contributed by atoms with Crippen LogP contribution in [-0.4, -0.2) is 24.9 Å². The van der Waals surface area contributed by atoms with Crippen LogP contribution < -0.4 is 10.6 Å². The van der Waals surface area contributed by atoms with E-state index in [1.54, 1.807) is 18.2 Å². The van der Waals surface area contributed by atoms with Crippen molar-refractivity contribution >= 4 is 28.6 Å². The minimum absolute atomic E-state index is 0.165. The van der Waals surface area contributed by atoms with E-state index in [1.807, 2.05) is 10.7 Å². The van der Waals surface area contributed by atoms with Crippen LogP contribution in [-0.2, 0) is 13.1 Å². The number of nitrogen functional groups attached to an aromatic ring is 1. The van der Waals surface area contributed by atoms with Gasteiger partial charge in [0.2, 0.25) is 0 Å². The van der Waals surface area contributed by atoms with Crippen molar-refractivity contribution in [1.29, 1.82) is 0 Å². The fourth-order valence-electron chi connectivity index (χ4n) is 4.98. The number of phenols is 1. The molecule has 0 bridgehead atoms. The zero-order chi connectivity index (χ0) is 24.8. The third-order valence-electron chi connectivity index (χ3n) is 6.83. The van der Waals surface area contributed by atoms with Gasteiger partial charge in [0.05, 0.1) is 11.9 Å². The van der Waals surface area contributed by atoms with E-state index in [0.29, 0.717) is 29.1 Å². The predicted molar refractivity (Wildman–Crippen MR) is 143 cm³/mol. The first-order valence-electron chi connectivity index (χ1n) is 11.9. The summed E-state index contributed by atoms with van der Waals surface area (Å²) in [6.07, 6.45) is 3.71. The topological polar surface area (TPSA) is 93.1 Å². The van der Waals surface area contributed by atoms with Crippen LogP contribution in [0.1, 0.15) is 22.3 Å². The Bertz CT molecular complexity index is 1650. The van der Waals surface area contributed by atoms with Gasteiger partial charge in [0.15, 0.2) is 5.65 Å². The standard InChI is InChI=1S/C29H26N6O/c1-18-8-5-9-20-13-22(34(16-24(18)20)25-12-4-3-7-19(25)2)15-35-29-26(28(30)31-17-32-29)27(33-35)21-10-6-11-23(36)14-21/h3-14,17,36H,15-16H2,1-2H3,(H2,30,31,32). The number of rotatable bonds is 4. The molecule has 7 nitrogen and oxygen atoms in total. The number of nitrogens with zero attached hydrogens (tertiary/aromatic N) is 5. The predicted octanol–water partition coefficient (Wildman–Crippen LogP) is 5.46. The van der Waals surface area contributed by atoms with Crippen molar-refractivity contribution in [1.82, 2.24) is 19.7 Å². The average Bonchev–Trinajstić information content (AvgIpc) is 3.24. The van der Waals surface area contributed by atoms with Crippen LogP contribution in [0.15, 0.2) is 78.8 Å². The summed E-state index contributed by atoms with van der Waals surface area (Å²) in [6, 6.07) is 21.9. The van der Waals surface area contributed by atoms with Gasteiger partial charge in [0, 0.05) is 23.5 Å². The Balaban J connectivity index is 1.52. The van der Waals surface area contributed by atoms with Crippen molar-refractivity contribution in [3.8, 4) is 17.0 Å². The molecule has 3 heterocycles. The van der Waals surface area contributed by atoms with Crippen LogP contribution in [0.2, 0.25) is 0 Å². The van der Waals surface area contributed by atoms with Crippen LogP contribution in [0.25, 0.3) is 28.4 Å². The highest BCUT2D eigenvalue weighted by Crippen LogP contribution is 2.36. The molecule has 0 radical (unpaired) electrons. The van der Waals surface area contributed by atoms with Gasteiger partial charge in [0.1, 0.15) is 23.6 Å². The summed E-state index contributed by atoms with van der Waals surface area (Å²) < 4.78 is 1.88. The van der Waals surface area contributed by atoms with Crippen LogP contribution in [0, 0.1) is 13.8 Å². The molecule has 0 spiro atoms. The Hall–Kier alpha value is -4.65. The normalized spacial score (nSPS) is 13.1. The molecule has 36 heavy (non-hydrogen) atoms. The molecule has 0 atom stereocenters. The molecule has 7 heteroatoms. The number of aromatic hydroxyl groups is 1. The maximum atomic E-state index is 10.1. The summed E-state index contributed by atoms with van der Waals surface area (Å²) in [5.74, 6) is 0.525. The summed E-state index contributed by atoms with van der Waals surface area (Å²) in [5, 5.41) is 15.7. The van der Waals surface area contributed by atoms with E-state index in [1.165, 1.54) is 28.6 Å². The molecule has 3 aromatic carbocycles. The first-order valence-corrected chi connectivity index (χ1v) is 11.9. The molecule has 1 aliphatic heterocycles. The summed E-state index contributed by atoms with van der Waals surface area (Å²) in [6.45, 7) is 5.56. The molecule has 3 N–H and O–H groups in total. The Morgan fingerprint density at radius 2 is 1.75 bits per heavy atom. The molecular formula is C29H26N6O. The highest BCUT2D eigenvalue weighted by molar-refractivity contribution is 5.98. The lowest BCUT2D eigenvalue weighted by atomic mass is 9.96. The van der Waals surface area contributed by atoms with Gasteiger partial charge in [0.25, 0.3) is 0 Å². The van der Waals surface area contributed by atoms with Gasteiger partial charge in [-0.3, -0.25) is 0 Å². The molecule has 0 fully saturated rings. The summed E-state index contributed by atoms with van der Waals surface area (Å²) in [5.41, 5.74) is 15.7. The molecule has 178 valence electrons. The molecular weight excluding hydrogens is 448 g/mol. The van der Waals surface area contributed by atoms with Gasteiger partial charge in [-0.25, -0.2) is 14.6 Å². The fraction of sp³-hybridized carbons (Fsp3) is 0.138. The van der Waals surface area contributed by atoms with E-state index in [-0.39, 0.29) is 5.75 Å². The third kappa shape index (κ3) is 3.65. The second-order valence-electron chi connectivity index (χ2n) is 9.17. The molecule has 1 aliphatic rings. The minimum atomic E-state index is 0.165. The van der Waals surface area contributed by atoms with E-state index < -0.39 is 0 Å². The van der Waals surface area contributed by atoms with Gasteiger partial charge < -0.3 is 15.7 Å². The molecule has 2 aromatic heterocycles. The van der Waals surface area contributed by atoms with Gasteiger partial charge in [-0.15, -0.1) is 0 Å². The van der Waals surface area contributed by atoms with Gasteiger partial charge >= 0.3 is 0 Å². The average molecular weight is 475 g/mol. The molecule has 6 rings (SSSR count). The van der Waals surface area contributed by atoms with Crippen molar-refractivity contribution in [2.75, 3.05) is 10.6 Å². The van der Waals surface area contributed by atoms with E-state index in [9.17, 15) is 5.11 Å². The van der Waals surface area contributed by atoms with Gasteiger partial charge in [-0.2, -0.15) is 5.10 Å². The number of hydrogen-bond acceptors (Lipinski definition) is 6. The number of hydrogen-bond donors (Lipinski definition) is 2. The van der Waals surface area contributed by atoms with E-state index in [0.717, 1.165) is 23.5 Å². The van der Waals surface area contributed by atoms with Crippen molar-refractivity contribution in [3.63, 3.8) is 0 Å². The highest BCUT2D eigenvalue weighted by atomic mass is 16.3. The summed E-state index contributed by atoms with van der Waals surface area (Å²) in [7, 11) is 0. The Morgan fingerprint density at radius 3 is 2.58 bits per heavy atom. The fourth-order valence-corrected chi connectivity index (χ4v) is 4.98. The zero-order valence-electron chi connectivity index (χ0n) is 20.2. The second-order valence-corrected chi connectivity index (χ2v) is 9.17. The number of aromatic nitrogens is 4. The van der Waals surface area contributed by atoms with Crippen molar-refractivity contribution in [2.45, 2.75) is 26.9 Å². The van der Waals surface area contributed by atoms with Crippen LogP contribution >= 0.6 is 0 Å². The third-order valence-corrected chi connectivity index (χ3v) is 6.83. The smallest absolute Gasteiger partial charge is 0.164 e. The maximum Gasteiger partial charge on any atom is 0.164 e. The van der Waals surface area contributed by atoms with Gasteiger partial charge in [-0.1, -0.05) is 48.5 Å². The number of allylic oxidation sites excluding steroid dienone is 1. The first-order chi connectivity index (χ1) is 17.5. The van der Waals surface area contributed by atoms with E-state index in [2.05, 4.69) is 77.3 Å². The molecule has 0 unspecified atom stereocenters. The quantitative estimate of drug-likeness (QED) is 0.359. The monoisotopic (exact) mass is 474 g/mol.